The SMILES string of the molecule is Cc1cccc(CCN(C(=O)c2ccco2)[C@@H](C(=O)NC2CCCCC2)c2ccccc2)c1. The van der Waals surface area contributed by atoms with Gasteiger partial charge in [0.15, 0.2) is 5.76 Å². The van der Waals surface area contributed by atoms with Crippen molar-refractivity contribution in [3.05, 3.63) is 95.4 Å². The van der Waals surface area contributed by atoms with Crippen LogP contribution in [0.3, 0.4) is 0 Å². The molecule has 0 bridgehead atoms. The van der Waals surface area contributed by atoms with E-state index in [0.29, 0.717) is 13.0 Å². The summed E-state index contributed by atoms with van der Waals surface area (Å²) in [6.07, 6.45) is 7.59. The Kier molecular flexibility index (Phi) is 7.61. The lowest BCUT2D eigenvalue weighted by Crippen LogP contribution is -2.47. The number of rotatable bonds is 8. The van der Waals surface area contributed by atoms with Crippen LogP contribution in [0.1, 0.15) is 65.4 Å². The van der Waals surface area contributed by atoms with E-state index in [1.54, 1.807) is 17.0 Å². The molecular weight excluding hydrogens is 412 g/mol. The number of hydrogen-bond acceptors (Lipinski definition) is 3. The normalized spacial score (nSPS) is 15.1. The van der Waals surface area contributed by atoms with E-state index in [0.717, 1.165) is 36.8 Å². The molecule has 0 radical (unpaired) electrons. The van der Waals surface area contributed by atoms with Crippen LogP contribution in [0.25, 0.3) is 0 Å². The zero-order valence-electron chi connectivity index (χ0n) is 19.2. The standard InChI is InChI=1S/C28H32N2O3/c1-21-10-8-11-22(20-21)17-18-30(28(32)25-16-9-19-33-25)26(23-12-4-2-5-13-23)27(31)29-24-14-6-3-7-15-24/h2,4-5,8-13,16,19-20,24,26H,3,6-7,14-15,17-18H2,1H3,(H,29,31)/t26-/m1/s1. The second-order valence-electron chi connectivity index (χ2n) is 8.87. The Morgan fingerprint density at radius 3 is 2.48 bits per heavy atom. The molecule has 2 amide bonds. The van der Waals surface area contributed by atoms with Gasteiger partial charge in [-0.1, -0.05) is 79.4 Å². The van der Waals surface area contributed by atoms with Gasteiger partial charge in [-0.15, -0.1) is 0 Å². The zero-order valence-corrected chi connectivity index (χ0v) is 19.2. The van der Waals surface area contributed by atoms with Gasteiger partial charge in [-0.2, -0.15) is 0 Å². The summed E-state index contributed by atoms with van der Waals surface area (Å²) < 4.78 is 5.44. The second-order valence-corrected chi connectivity index (χ2v) is 8.87. The first-order valence-corrected chi connectivity index (χ1v) is 11.9. The van der Waals surface area contributed by atoms with Gasteiger partial charge >= 0.3 is 0 Å². The zero-order chi connectivity index (χ0) is 23.0. The minimum atomic E-state index is -0.726. The van der Waals surface area contributed by atoms with Crippen LogP contribution in [0.5, 0.6) is 0 Å². The van der Waals surface area contributed by atoms with E-state index < -0.39 is 6.04 Å². The van der Waals surface area contributed by atoms with E-state index in [4.69, 9.17) is 4.42 Å². The Morgan fingerprint density at radius 2 is 1.79 bits per heavy atom. The third-order valence-corrected chi connectivity index (χ3v) is 6.34. The summed E-state index contributed by atoms with van der Waals surface area (Å²) in [6, 6.07) is 20.6. The summed E-state index contributed by atoms with van der Waals surface area (Å²) in [6.45, 7) is 2.46. The maximum atomic E-state index is 13.7. The lowest BCUT2D eigenvalue weighted by Gasteiger charge is -2.33. The molecule has 4 rings (SSSR count). The fraction of sp³-hybridized carbons (Fsp3) is 0.357. The van der Waals surface area contributed by atoms with Gasteiger partial charge in [0.2, 0.25) is 5.91 Å². The molecule has 5 nitrogen and oxygen atoms in total. The molecule has 1 aromatic heterocycles. The average molecular weight is 445 g/mol. The molecule has 1 heterocycles. The summed E-state index contributed by atoms with van der Waals surface area (Å²) >= 11 is 0. The summed E-state index contributed by atoms with van der Waals surface area (Å²) in [4.78, 5) is 28.9. The van der Waals surface area contributed by atoms with Gasteiger partial charge in [0.25, 0.3) is 5.91 Å². The third kappa shape index (κ3) is 5.92. The topological polar surface area (TPSA) is 62.6 Å². The lowest BCUT2D eigenvalue weighted by molar-refractivity contribution is -0.126. The van der Waals surface area contributed by atoms with Crippen molar-refractivity contribution in [3.63, 3.8) is 0 Å². The van der Waals surface area contributed by atoms with Crippen LogP contribution >= 0.6 is 0 Å². The number of benzene rings is 2. The van der Waals surface area contributed by atoms with Gasteiger partial charge < -0.3 is 14.6 Å². The fourth-order valence-corrected chi connectivity index (χ4v) is 4.64. The first-order chi connectivity index (χ1) is 16.1. The number of carbonyl (C=O) groups is 2. The highest BCUT2D eigenvalue weighted by atomic mass is 16.3. The summed E-state index contributed by atoms with van der Waals surface area (Å²) in [5.74, 6) is -0.164. The van der Waals surface area contributed by atoms with E-state index in [2.05, 4.69) is 30.4 Å². The van der Waals surface area contributed by atoms with Crippen LogP contribution in [0.2, 0.25) is 0 Å². The molecule has 1 N–H and O–H groups in total. The van der Waals surface area contributed by atoms with Crippen molar-refractivity contribution < 1.29 is 14.0 Å². The van der Waals surface area contributed by atoms with Crippen LogP contribution in [-0.2, 0) is 11.2 Å². The molecule has 2 aromatic carbocycles. The third-order valence-electron chi connectivity index (χ3n) is 6.34. The van der Waals surface area contributed by atoms with Gasteiger partial charge in [0.1, 0.15) is 6.04 Å². The number of furan rings is 1. The Hall–Kier alpha value is -3.34. The quantitative estimate of drug-likeness (QED) is 0.502. The van der Waals surface area contributed by atoms with E-state index >= 15 is 0 Å². The number of nitrogens with one attached hydrogen (secondary N) is 1. The summed E-state index contributed by atoms with van der Waals surface area (Å²) in [5.41, 5.74) is 3.10. The molecule has 1 atom stereocenters. The maximum absolute atomic E-state index is 13.7. The molecule has 0 spiro atoms. The number of amides is 2. The minimum absolute atomic E-state index is 0.128. The molecule has 1 fully saturated rings. The highest BCUT2D eigenvalue weighted by Gasteiger charge is 2.34. The van der Waals surface area contributed by atoms with Crippen LogP contribution in [0.4, 0.5) is 0 Å². The van der Waals surface area contributed by atoms with Gasteiger partial charge in [0, 0.05) is 12.6 Å². The molecule has 5 heteroatoms. The molecule has 0 saturated heterocycles. The number of carbonyl (C=O) groups excluding carboxylic acids is 2. The van der Waals surface area contributed by atoms with Crippen LogP contribution in [0, 0.1) is 6.92 Å². The van der Waals surface area contributed by atoms with Crippen molar-refractivity contribution in [1.29, 1.82) is 0 Å². The van der Waals surface area contributed by atoms with E-state index in [1.165, 1.54) is 18.2 Å². The lowest BCUT2D eigenvalue weighted by atomic mass is 9.94. The molecule has 3 aromatic rings. The number of aryl methyl sites for hydroxylation is 1. The van der Waals surface area contributed by atoms with Crippen molar-refractivity contribution in [2.45, 2.75) is 57.5 Å². The van der Waals surface area contributed by atoms with Crippen molar-refractivity contribution in [2.24, 2.45) is 0 Å². The molecule has 172 valence electrons. The second kappa shape index (κ2) is 11.0. The molecule has 1 saturated carbocycles. The average Bonchev–Trinajstić information content (AvgIpc) is 3.37. The van der Waals surface area contributed by atoms with Gasteiger partial charge in [0.05, 0.1) is 6.26 Å². The van der Waals surface area contributed by atoms with E-state index in [1.807, 2.05) is 36.4 Å². The smallest absolute Gasteiger partial charge is 0.290 e. The first kappa shape index (κ1) is 22.8. The highest BCUT2D eigenvalue weighted by Crippen LogP contribution is 2.26. The number of hydrogen-bond donors (Lipinski definition) is 1. The Bertz CT molecular complexity index is 1040. The number of nitrogens with zero attached hydrogens (tertiary/aromatic N) is 1. The molecule has 1 aliphatic rings. The van der Waals surface area contributed by atoms with Crippen LogP contribution < -0.4 is 5.32 Å². The minimum Gasteiger partial charge on any atom is -0.459 e. The molecule has 33 heavy (non-hydrogen) atoms. The predicted octanol–water partition coefficient (Wildman–Crippen LogP) is 5.46. The molecule has 0 aliphatic heterocycles. The summed E-state index contributed by atoms with van der Waals surface area (Å²) in [7, 11) is 0. The fourth-order valence-electron chi connectivity index (χ4n) is 4.64. The van der Waals surface area contributed by atoms with E-state index in [-0.39, 0.29) is 23.6 Å². The van der Waals surface area contributed by atoms with Gasteiger partial charge in [-0.25, -0.2) is 0 Å². The van der Waals surface area contributed by atoms with Crippen molar-refractivity contribution >= 4 is 11.8 Å². The predicted molar refractivity (Wildman–Crippen MR) is 129 cm³/mol. The van der Waals surface area contributed by atoms with Crippen LogP contribution in [-0.4, -0.2) is 29.3 Å². The van der Waals surface area contributed by atoms with Crippen LogP contribution in [0.15, 0.2) is 77.4 Å². The monoisotopic (exact) mass is 444 g/mol. The maximum Gasteiger partial charge on any atom is 0.290 e. The van der Waals surface area contributed by atoms with Gasteiger partial charge in [-0.05, 0) is 49.4 Å². The molecule has 0 unspecified atom stereocenters. The van der Waals surface area contributed by atoms with E-state index in [9.17, 15) is 9.59 Å². The van der Waals surface area contributed by atoms with Gasteiger partial charge in [-0.3, -0.25) is 9.59 Å². The van der Waals surface area contributed by atoms with Crippen molar-refractivity contribution in [1.82, 2.24) is 10.2 Å². The highest BCUT2D eigenvalue weighted by molar-refractivity contribution is 5.96. The largest absolute Gasteiger partial charge is 0.459 e. The Labute approximate surface area is 195 Å². The molecule has 1 aliphatic carbocycles. The summed E-state index contributed by atoms with van der Waals surface area (Å²) in [5, 5.41) is 3.24. The Morgan fingerprint density at radius 1 is 1.00 bits per heavy atom. The first-order valence-electron chi connectivity index (χ1n) is 11.9. The Balaban J connectivity index is 1.65. The van der Waals surface area contributed by atoms with Crippen molar-refractivity contribution in [3.8, 4) is 0 Å². The molecular formula is C28H32N2O3. The van der Waals surface area contributed by atoms with Crippen molar-refractivity contribution in [2.75, 3.05) is 6.54 Å².